The highest BCUT2D eigenvalue weighted by Crippen LogP contribution is 2.59. The van der Waals surface area contributed by atoms with Crippen molar-refractivity contribution in [2.45, 2.75) is 51.4 Å². The molecule has 7 aliphatic rings. The number of nitrogens with zero attached hydrogens (tertiary/aromatic N) is 1. The van der Waals surface area contributed by atoms with Crippen LogP contribution in [-0.2, 0) is 9.59 Å². The van der Waals surface area contributed by atoms with Gasteiger partial charge in [0.15, 0.2) is 0 Å². The summed E-state index contributed by atoms with van der Waals surface area (Å²) < 4.78 is 0. The Morgan fingerprint density at radius 1 is 0.826 bits per heavy atom. The van der Waals surface area contributed by atoms with Gasteiger partial charge >= 0.3 is 0 Å². The molecule has 4 unspecified atom stereocenters. The third-order valence-electron chi connectivity index (χ3n) is 8.81. The van der Waals surface area contributed by atoms with Crippen LogP contribution in [0.3, 0.4) is 0 Å². The molecule has 124 valence electrons. The zero-order valence-corrected chi connectivity index (χ0v) is 13.8. The molecule has 7 rings (SSSR count). The Morgan fingerprint density at radius 2 is 1.48 bits per heavy atom. The molecule has 6 aliphatic carbocycles. The van der Waals surface area contributed by atoms with E-state index in [4.69, 9.17) is 0 Å². The summed E-state index contributed by atoms with van der Waals surface area (Å²) in [5, 5.41) is 0. The quantitative estimate of drug-likeness (QED) is 0.698. The standard InChI is InChI=1S/C20H27NO2/c22-19(17-14-4-10-3-11(6-14)7-15(17)5-10)21-9-16-12-1-2-13(8-12)18(16)20(21)23/h10-18H,1-9H2. The highest BCUT2D eigenvalue weighted by Gasteiger charge is 2.59. The van der Waals surface area contributed by atoms with E-state index < -0.39 is 0 Å². The minimum Gasteiger partial charge on any atom is -0.282 e. The van der Waals surface area contributed by atoms with Crippen LogP contribution >= 0.6 is 0 Å². The van der Waals surface area contributed by atoms with Crippen LogP contribution in [0.5, 0.6) is 0 Å². The van der Waals surface area contributed by atoms with Crippen LogP contribution < -0.4 is 0 Å². The minimum absolute atomic E-state index is 0.197. The zero-order valence-electron chi connectivity index (χ0n) is 13.8. The first kappa shape index (κ1) is 13.4. The summed E-state index contributed by atoms with van der Waals surface area (Å²) in [5.41, 5.74) is 0. The fourth-order valence-electron chi connectivity index (χ4n) is 8.25. The number of hydrogen-bond donors (Lipinski definition) is 0. The fraction of sp³-hybridized carbons (Fsp3) is 0.900. The Bertz CT molecular complexity index is 556. The molecule has 4 atom stereocenters. The average Bonchev–Trinajstić information content (AvgIpc) is 3.19. The summed E-state index contributed by atoms with van der Waals surface area (Å²) >= 11 is 0. The summed E-state index contributed by atoms with van der Waals surface area (Å²) in [6.45, 7) is 0.770. The van der Waals surface area contributed by atoms with Crippen molar-refractivity contribution in [3.05, 3.63) is 0 Å². The SMILES string of the molecule is O=C(C1C2CC3CC(C2)CC1C3)N1CC2C3CCC(C3)C2C1=O. The third kappa shape index (κ3) is 1.67. The topological polar surface area (TPSA) is 37.4 Å². The molecule has 1 heterocycles. The number of rotatable bonds is 1. The normalized spacial score (nSPS) is 55.7. The Kier molecular flexibility index (Phi) is 2.57. The fourth-order valence-corrected chi connectivity index (χ4v) is 8.25. The van der Waals surface area contributed by atoms with E-state index in [1.165, 1.54) is 51.4 Å². The van der Waals surface area contributed by atoms with E-state index in [0.717, 1.165) is 24.3 Å². The van der Waals surface area contributed by atoms with Gasteiger partial charge in [0.05, 0.1) is 0 Å². The van der Waals surface area contributed by atoms with Crippen molar-refractivity contribution in [1.82, 2.24) is 4.90 Å². The van der Waals surface area contributed by atoms with Crippen LogP contribution in [0, 0.1) is 53.3 Å². The van der Waals surface area contributed by atoms with Crippen LogP contribution in [0.15, 0.2) is 0 Å². The van der Waals surface area contributed by atoms with Crippen molar-refractivity contribution in [3.8, 4) is 0 Å². The van der Waals surface area contributed by atoms with Gasteiger partial charge in [0, 0.05) is 18.4 Å². The molecule has 0 radical (unpaired) electrons. The largest absolute Gasteiger partial charge is 0.282 e. The van der Waals surface area contributed by atoms with E-state index in [2.05, 4.69) is 0 Å². The van der Waals surface area contributed by atoms with E-state index in [1.807, 2.05) is 0 Å². The van der Waals surface area contributed by atoms with Gasteiger partial charge in [0.2, 0.25) is 11.8 Å². The van der Waals surface area contributed by atoms with Crippen molar-refractivity contribution in [2.24, 2.45) is 53.3 Å². The zero-order chi connectivity index (χ0) is 15.3. The summed E-state index contributed by atoms with van der Waals surface area (Å²) in [4.78, 5) is 28.0. The lowest BCUT2D eigenvalue weighted by molar-refractivity contribution is -0.155. The number of amides is 2. The van der Waals surface area contributed by atoms with Crippen LogP contribution in [0.2, 0.25) is 0 Å². The molecular formula is C20H27NO2. The van der Waals surface area contributed by atoms with Gasteiger partial charge in [-0.15, -0.1) is 0 Å². The van der Waals surface area contributed by atoms with E-state index in [-0.39, 0.29) is 23.7 Å². The van der Waals surface area contributed by atoms with Gasteiger partial charge in [-0.2, -0.15) is 0 Å². The predicted octanol–water partition coefficient (Wildman–Crippen LogP) is 3.09. The van der Waals surface area contributed by atoms with Crippen molar-refractivity contribution < 1.29 is 9.59 Å². The molecule has 0 aromatic carbocycles. The lowest BCUT2D eigenvalue weighted by Crippen LogP contribution is -2.52. The third-order valence-corrected chi connectivity index (χ3v) is 8.81. The predicted molar refractivity (Wildman–Crippen MR) is 85.1 cm³/mol. The number of hydrogen-bond acceptors (Lipinski definition) is 2. The monoisotopic (exact) mass is 313 g/mol. The molecular weight excluding hydrogens is 286 g/mol. The molecule has 0 aromatic heterocycles. The maximum atomic E-state index is 13.3. The first-order valence-electron chi connectivity index (χ1n) is 10.0. The second-order valence-electron chi connectivity index (χ2n) is 9.77. The Morgan fingerprint density at radius 3 is 2.13 bits per heavy atom. The summed E-state index contributed by atoms with van der Waals surface area (Å²) in [7, 11) is 0. The maximum Gasteiger partial charge on any atom is 0.232 e. The Balaban J connectivity index is 1.27. The number of likely N-dealkylation sites (tertiary alicyclic amines) is 1. The lowest BCUT2D eigenvalue weighted by atomic mass is 9.51. The number of fused-ring (bicyclic) bond motifs is 5. The van der Waals surface area contributed by atoms with Crippen molar-refractivity contribution in [3.63, 3.8) is 0 Å². The average molecular weight is 313 g/mol. The molecule has 7 fully saturated rings. The van der Waals surface area contributed by atoms with Crippen molar-refractivity contribution in [1.29, 1.82) is 0 Å². The number of carbonyl (C=O) groups excluding carboxylic acids is 2. The first-order chi connectivity index (χ1) is 11.2. The van der Waals surface area contributed by atoms with Gasteiger partial charge in [-0.3, -0.25) is 14.5 Å². The van der Waals surface area contributed by atoms with E-state index in [0.29, 0.717) is 23.7 Å². The highest BCUT2D eigenvalue weighted by molar-refractivity contribution is 5.99. The molecule has 1 saturated heterocycles. The second kappa shape index (κ2) is 4.40. The van der Waals surface area contributed by atoms with Gasteiger partial charge in [0.1, 0.15) is 0 Å². The van der Waals surface area contributed by atoms with Crippen molar-refractivity contribution in [2.75, 3.05) is 6.54 Å². The Hall–Kier alpha value is -0.860. The van der Waals surface area contributed by atoms with Gasteiger partial charge in [-0.1, -0.05) is 0 Å². The van der Waals surface area contributed by atoms with Crippen LogP contribution in [0.4, 0.5) is 0 Å². The molecule has 3 heteroatoms. The van der Waals surface area contributed by atoms with E-state index >= 15 is 0 Å². The van der Waals surface area contributed by atoms with Crippen LogP contribution in [-0.4, -0.2) is 23.3 Å². The molecule has 6 bridgehead atoms. The molecule has 0 spiro atoms. The molecule has 2 amide bonds. The molecule has 0 aromatic rings. The maximum absolute atomic E-state index is 13.3. The molecule has 23 heavy (non-hydrogen) atoms. The van der Waals surface area contributed by atoms with Gasteiger partial charge in [-0.25, -0.2) is 0 Å². The van der Waals surface area contributed by atoms with Crippen molar-refractivity contribution >= 4 is 11.8 Å². The first-order valence-corrected chi connectivity index (χ1v) is 10.0. The molecule has 3 nitrogen and oxygen atoms in total. The van der Waals surface area contributed by atoms with E-state index in [1.54, 1.807) is 4.90 Å². The van der Waals surface area contributed by atoms with Crippen LogP contribution in [0.25, 0.3) is 0 Å². The molecule has 0 N–H and O–H groups in total. The van der Waals surface area contributed by atoms with Gasteiger partial charge in [-0.05, 0) is 92.8 Å². The second-order valence-corrected chi connectivity index (χ2v) is 9.77. The lowest BCUT2D eigenvalue weighted by Gasteiger charge is -2.54. The summed E-state index contributed by atoms with van der Waals surface area (Å²) in [5.74, 6) is 5.74. The number of carbonyl (C=O) groups is 2. The van der Waals surface area contributed by atoms with Gasteiger partial charge < -0.3 is 0 Å². The Labute approximate surface area is 138 Å². The molecule has 1 aliphatic heterocycles. The van der Waals surface area contributed by atoms with E-state index in [9.17, 15) is 9.59 Å². The minimum atomic E-state index is 0.197. The van der Waals surface area contributed by atoms with Gasteiger partial charge in [0.25, 0.3) is 0 Å². The molecule has 6 saturated carbocycles. The summed E-state index contributed by atoms with van der Waals surface area (Å²) in [6.07, 6.45) is 10.3. The van der Waals surface area contributed by atoms with Crippen LogP contribution in [0.1, 0.15) is 51.4 Å². The highest BCUT2D eigenvalue weighted by atomic mass is 16.2. The summed E-state index contributed by atoms with van der Waals surface area (Å²) in [6, 6.07) is 0. The smallest absolute Gasteiger partial charge is 0.232 e. The number of imide groups is 1.